The highest BCUT2D eigenvalue weighted by Gasteiger charge is 2.35. The number of sulfonamides is 1. The van der Waals surface area contributed by atoms with Gasteiger partial charge in [-0.1, -0.05) is 0 Å². The number of rotatable bonds is 2. The van der Waals surface area contributed by atoms with Crippen molar-refractivity contribution in [3.8, 4) is 0 Å². The second kappa shape index (κ2) is 5.63. The number of benzene rings is 1. The van der Waals surface area contributed by atoms with Gasteiger partial charge in [-0.15, -0.1) is 0 Å². The van der Waals surface area contributed by atoms with E-state index < -0.39 is 21.8 Å². The first kappa shape index (κ1) is 17.0. The van der Waals surface area contributed by atoms with Gasteiger partial charge in [0.15, 0.2) is 0 Å². The highest BCUT2D eigenvalue weighted by molar-refractivity contribution is 7.89. The van der Waals surface area contributed by atoms with Gasteiger partial charge in [0.05, 0.1) is 16.5 Å². The lowest BCUT2D eigenvalue weighted by Crippen LogP contribution is -2.41. The van der Waals surface area contributed by atoms with Crippen molar-refractivity contribution >= 4 is 10.0 Å². The summed E-state index contributed by atoms with van der Waals surface area (Å²) in [5.74, 6) is 0. The van der Waals surface area contributed by atoms with Crippen molar-refractivity contribution in [3.63, 3.8) is 0 Å². The van der Waals surface area contributed by atoms with Crippen molar-refractivity contribution in [2.24, 2.45) is 0 Å². The van der Waals surface area contributed by atoms with Gasteiger partial charge < -0.3 is 4.57 Å². The van der Waals surface area contributed by atoms with Crippen molar-refractivity contribution in [3.05, 3.63) is 53.3 Å². The molecule has 0 saturated carbocycles. The largest absolute Gasteiger partial charge is 0.416 e. The molecule has 1 aromatic carbocycles. The Morgan fingerprint density at radius 2 is 1.67 bits per heavy atom. The second-order valence-electron chi connectivity index (χ2n) is 5.87. The second-order valence-corrected chi connectivity index (χ2v) is 7.76. The van der Waals surface area contributed by atoms with E-state index in [1.54, 1.807) is 6.92 Å². The Labute approximate surface area is 138 Å². The molecule has 0 saturated heterocycles. The minimum atomic E-state index is -4.49. The highest BCUT2D eigenvalue weighted by atomic mass is 32.2. The first-order chi connectivity index (χ1) is 11.1. The third kappa shape index (κ3) is 2.73. The summed E-state index contributed by atoms with van der Waals surface area (Å²) < 4.78 is 66.9. The Bertz CT molecular complexity index is 854. The number of halogens is 3. The number of fused-ring (bicyclic) bond motifs is 1. The maximum absolute atomic E-state index is 12.8. The van der Waals surface area contributed by atoms with Gasteiger partial charge in [0.1, 0.15) is 0 Å². The molecule has 0 fully saturated rings. The fourth-order valence-electron chi connectivity index (χ4n) is 3.08. The Kier molecular flexibility index (Phi) is 4.00. The minimum absolute atomic E-state index is 0.126. The Morgan fingerprint density at radius 1 is 1.04 bits per heavy atom. The molecule has 24 heavy (non-hydrogen) atoms. The molecule has 0 bridgehead atoms. The summed E-state index contributed by atoms with van der Waals surface area (Å²) in [7, 11) is -3.85. The van der Waals surface area contributed by atoms with Crippen LogP contribution in [0.5, 0.6) is 0 Å². The molecule has 1 aromatic heterocycles. The molecule has 0 radical (unpaired) electrons. The van der Waals surface area contributed by atoms with Crippen LogP contribution >= 0.6 is 0 Å². The van der Waals surface area contributed by atoms with E-state index in [2.05, 4.69) is 4.57 Å². The monoisotopic (exact) mass is 358 g/mol. The molecule has 1 aliphatic rings. The Morgan fingerprint density at radius 3 is 2.25 bits per heavy atom. The average molecular weight is 358 g/mol. The third-order valence-electron chi connectivity index (χ3n) is 4.42. The normalized spacial score (nSPS) is 19.3. The van der Waals surface area contributed by atoms with Gasteiger partial charge in [-0.05, 0) is 50.2 Å². The van der Waals surface area contributed by atoms with Crippen LogP contribution in [-0.4, -0.2) is 23.8 Å². The van der Waals surface area contributed by atoms with Crippen molar-refractivity contribution in [1.29, 1.82) is 0 Å². The van der Waals surface area contributed by atoms with E-state index in [0.29, 0.717) is 6.54 Å². The first-order valence-corrected chi connectivity index (χ1v) is 8.91. The van der Waals surface area contributed by atoms with Crippen molar-refractivity contribution in [1.82, 2.24) is 8.87 Å². The lowest BCUT2D eigenvalue weighted by Gasteiger charge is -2.34. The predicted molar refractivity (Wildman–Crippen MR) is 82.9 cm³/mol. The molecule has 4 nitrogen and oxygen atoms in total. The average Bonchev–Trinajstić information content (AvgIpc) is 2.89. The number of hydrogen-bond acceptors (Lipinski definition) is 2. The quantitative estimate of drug-likeness (QED) is 0.823. The van der Waals surface area contributed by atoms with E-state index in [-0.39, 0.29) is 17.5 Å². The molecule has 2 heterocycles. The SMILES string of the molecule is Cc1ccc2n1CCN(S(=O)(=O)c1ccc(C(F)(F)F)cc1)[C@H]2C. The van der Waals surface area contributed by atoms with Crippen LogP contribution in [0.3, 0.4) is 0 Å². The molecule has 0 aliphatic carbocycles. The summed E-state index contributed by atoms with van der Waals surface area (Å²) in [6.07, 6.45) is -4.49. The van der Waals surface area contributed by atoms with E-state index >= 15 is 0 Å². The molecule has 0 amide bonds. The van der Waals surface area contributed by atoms with E-state index in [9.17, 15) is 21.6 Å². The van der Waals surface area contributed by atoms with E-state index in [4.69, 9.17) is 0 Å². The number of nitrogens with zero attached hydrogens (tertiary/aromatic N) is 2. The summed E-state index contributed by atoms with van der Waals surface area (Å²) in [4.78, 5) is -0.126. The molecule has 8 heteroatoms. The number of hydrogen-bond donors (Lipinski definition) is 0. The van der Waals surface area contributed by atoms with Crippen molar-refractivity contribution in [2.45, 2.75) is 37.5 Å². The predicted octanol–water partition coefficient (Wildman–Crippen LogP) is 3.58. The summed E-state index contributed by atoms with van der Waals surface area (Å²) in [5.41, 5.74) is 1.08. The van der Waals surface area contributed by atoms with Crippen LogP contribution in [0.15, 0.2) is 41.3 Å². The number of alkyl halides is 3. The summed E-state index contributed by atoms with van der Waals surface area (Å²) in [6.45, 7) is 4.55. The van der Waals surface area contributed by atoms with Crippen LogP contribution in [0.2, 0.25) is 0 Å². The van der Waals surface area contributed by atoms with Crippen LogP contribution in [0, 0.1) is 6.92 Å². The Balaban J connectivity index is 1.94. The molecule has 1 aliphatic heterocycles. The van der Waals surface area contributed by atoms with Crippen LogP contribution in [0.1, 0.15) is 29.9 Å². The lowest BCUT2D eigenvalue weighted by molar-refractivity contribution is -0.137. The lowest BCUT2D eigenvalue weighted by atomic mass is 10.2. The first-order valence-electron chi connectivity index (χ1n) is 7.47. The summed E-state index contributed by atoms with van der Waals surface area (Å²) in [6, 6.07) is 7.07. The standard InChI is InChI=1S/C16H17F3N2O2S/c1-11-3-8-15-12(2)21(10-9-20(11)15)24(22,23)14-6-4-13(5-7-14)16(17,18)19/h3-8,12H,9-10H2,1-2H3/t12-/m0/s1. The van der Waals surface area contributed by atoms with Crippen LogP contribution in [0.25, 0.3) is 0 Å². The molecule has 130 valence electrons. The fourth-order valence-corrected chi connectivity index (χ4v) is 4.68. The van der Waals surface area contributed by atoms with Gasteiger partial charge in [0.25, 0.3) is 0 Å². The zero-order valence-corrected chi connectivity index (χ0v) is 14.0. The number of aryl methyl sites for hydroxylation is 1. The molecular formula is C16H17F3N2O2S. The molecular weight excluding hydrogens is 341 g/mol. The van der Waals surface area contributed by atoms with E-state index in [1.165, 1.54) is 4.31 Å². The van der Waals surface area contributed by atoms with Crippen LogP contribution in [0.4, 0.5) is 13.2 Å². The van der Waals surface area contributed by atoms with E-state index in [0.717, 1.165) is 35.7 Å². The maximum atomic E-state index is 12.8. The highest BCUT2D eigenvalue weighted by Crippen LogP contribution is 2.34. The summed E-state index contributed by atoms with van der Waals surface area (Å²) in [5, 5.41) is 0. The van der Waals surface area contributed by atoms with Crippen LogP contribution < -0.4 is 0 Å². The maximum Gasteiger partial charge on any atom is 0.416 e. The molecule has 3 rings (SSSR count). The van der Waals surface area contributed by atoms with Gasteiger partial charge >= 0.3 is 6.18 Å². The zero-order chi connectivity index (χ0) is 17.7. The molecule has 1 atom stereocenters. The fraction of sp³-hybridized carbons (Fsp3) is 0.375. The third-order valence-corrected chi connectivity index (χ3v) is 6.41. The van der Waals surface area contributed by atoms with Gasteiger partial charge in [-0.3, -0.25) is 0 Å². The molecule has 0 unspecified atom stereocenters. The zero-order valence-electron chi connectivity index (χ0n) is 13.2. The van der Waals surface area contributed by atoms with E-state index in [1.807, 2.05) is 19.1 Å². The molecule has 2 aromatic rings. The minimum Gasteiger partial charge on any atom is -0.346 e. The molecule has 0 N–H and O–H groups in total. The van der Waals surface area contributed by atoms with Gasteiger partial charge in [0, 0.05) is 24.5 Å². The number of aromatic nitrogens is 1. The van der Waals surface area contributed by atoms with Crippen molar-refractivity contribution in [2.75, 3.05) is 6.54 Å². The van der Waals surface area contributed by atoms with Gasteiger partial charge in [-0.2, -0.15) is 17.5 Å². The smallest absolute Gasteiger partial charge is 0.346 e. The van der Waals surface area contributed by atoms with Gasteiger partial charge in [-0.25, -0.2) is 8.42 Å². The van der Waals surface area contributed by atoms with Crippen molar-refractivity contribution < 1.29 is 21.6 Å². The Hall–Kier alpha value is -1.80. The topological polar surface area (TPSA) is 42.3 Å². The van der Waals surface area contributed by atoms with Gasteiger partial charge in [0.2, 0.25) is 10.0 Å². The summed E-state index contributed by atoms with van der Waals surface area (Å²) >= 11 is 0. The van der Waals surface area contributed by atoms with Crippen LogP contribution in [-0.2, 0) is 22.7 Å². The molecule has 0 spiro atoms.